The van der Waals surface area contributed by atoms with Crippen molar-refractivity contribution in [3.05, 3.63) is 28.0 Å². The molecule has 1 aliphatic rings. The lowest BCUT2D eigenvalue weighted by Crippen LogP contribution is -2.05. The Morgan fingerprint density at radius 1 is 1.39 bits per heavy atom. The zero-order valence-electron chi connectivity index (χ0n) is 10.8. The summed E-state index contributed by atoms with van der Waals surface area (Å²) >= 11 is 1.63. The third-order valence-electron chi connectivity index (χ3n) is 3.62. The molecule has 18 heavy (non-hydrogen) atoms. The summed E-state index contributed by atoms with van der Waals surface area (Å²) in [6.07, 6.45) is 11.6. The number of allylic oxidation sites excluding steroid dienone is 1. The van der Waals surface area contributed by atoms with Gasteiger partial charge in [-0.3, -0.25) is 0 Å². The Balaban J connectivity index is 1.91. The van der Waals surface area contributed by atoms with E-state index in [0.717, 1.165) is 10.8 Å². The smallest absolute Gasteiger partial charge is 0.0894 e. The molecule has 3 heteroatoms. The minimum Gasteiger partial charge on any atom is -0.388 e. The SMILES string of the molecule is NCCC(O)c1cc(/C=C/C2CCCCC2)cs1. The summed E-state index contributed by atoms with van der Waals surface area (Å²) in [6.45, 7) is 0.534. The van der Waals surface area contributed by atoms with Gasteiger partial charge in [0.2, 0.25) is 0 Å². The standard InChI is InChI=1S/C15H23NOS/c16-9-8-14(17)15-10-13(11-18-15)7-6-12-4-2-1-3-5-12/h6-7,10-12,14,17H,1-5,8-9,16H2/b7-6+. The van der Waals surface area contributed by atoms with Gasteiger partial charge in [-0.05, 0) is 48.7 Å². The molecule has 0 amide bonds. The molecule has 1 unspecified atom stereocenters. The highest BCUT2D eigenvalue weighted by Crippen LogP contribution is 2.28. The molecule has 0 radical (unpaired) electrons. The number of aliphatic hydroxyl groups is 1. The van der Waals surface area contributed by atoms with Gasteiger partial charge in [0.05, 0.1) is 6.10 Å². The maximum atomic E-state index is 9.86. The molecule has 2 rings (SSSR count). The van der Waals surface area contributed by atoms with E-state index in [4.69, 9.17) is 5.73 Å². The van der Waals surface area contributed by atoms with Crippen LogP contribution < -0.4 is 5.73 Å². The van der Waals surface area contributed by atoms with Gasteiger partial charge in [0.15, 0.2) is 0 Å². The van der Waals surface area contributed by atoms with Gasteiger partial charge in [-0.1, -0.05) is 31.4 Å². The summed E-state index contributed by atoms with van der Waals surface area (Å²) in [5.41, 5.74) is 6.68. The Morgan fingerprint density at radius 2 is 2.17 bits per heavy atom. The van der Waals surface area contributed by atoms with Crippen molar-refractivity contribution < 1.29 is 5.11 Å². The molecule has 0 aliphatic heterocycles. The third kappa shape index (κ3) is 3.94. The van der Waals surface area contributed by atoms with Gasteiger partial charge in [0.25, 0.3) is 0 Å². The van der Waals surface area contributed by atoms with E-state index in [1.54, 1.807) is 11.3 Å². The Morgan fingerprint density at radius 3 is 2.89 bits per heavy atom. The van der Waals surface area contributed by atoms with Gasteiger partial charge in [0, 0.05) is 4.88 Å². The first-order valence-corrected chi connectivity index (χ1v) is 7.82. The minimum absolute atomic E-state index is 0.392. The Bertz CT molecular complexity index is 380. The summed E-state index contributed by atoms with van der Waals surface area (Å²) in [5, 5.41) is 12.0. The summed E-state index contributed by atoms with van der Waals surface area (Å²) in [4.78, 5) is 1.03. The van der Waals surface area contributed by atoms with Crippen molar-refractivity contribution >= 4 is 17.4 Å². The molecule has 1 aliphatic carbocycles. The number of nitrogens with two attached hydrogens (primary N) is 1. The van der Waals surface area contributed by atoms with Crippen LogP contribution in [0.5, 0.6) is 0 Å². The van der Waals surface area contributed by atoms with Crippen LogP contribution in [0, 0.1) is 5.92 Å². The average molecular weight is 265 g/mol. The van der Waals surface area contributed by atoms with Crippen LogP contribution in [-0.4, -0.2) is 11.7 Å². The van der Waals surface area contributed by atoms with Crippen LogP contribution in [0.1, 0.15) is 55.1 Å². The zero-order chi connectivity index (χ0) is 12.8. The third-order valence-corrected chi connectivity index (χ3v) is 4.67. The Hall–Kier alpha value is -0.640. The fourth-order valence-electron chi connectivity index (χ4n) is 2.50. The minimum atomic E-state index is -0.392. The molecule has 1 heterocycles. The predicted molar refractivity (Wildman–Crippen MR) is 78.6 cm³/mol. The molecular weight excluding hydrogens is 242 g/mol. The fraction of sp³-hybridized carbons (Fsp3) is 0.600. The summed E-state index contributed by atoms with van der Waals surface area (Å²) in [5.74, 6) is 0.760. The lowest BCUT2D eigenvalue weighted by atomic mass is 9.89. The van der Waals surface area contributed by atoms with Gasteiger partial charge in [-0.15, -0.1) is 11.3 Å². The molecule has 3 N–H and O–H groups in total. The van der Waals surface area contributed by atoms with E-state index in [1.165, 1.54) is 37.7 Å². The fourth-order valence-corrected chi connectivity index (χ4v) is 3.40. The van der Waals surface area contributed by atoms with Crippen LogP contribution >= 0.6 is 11.3 Å². The summed E-state index contributed by atoms with van der Waals surface area (Å²) in [7, 11) is 0. The normalized spacial score (nSPS) is 19.4. The molecule has 1 aromatic rings. The second-order valence-corrected chi connectivity index (χ2v) is 6.08. The summed E-state index contributed by atoms with van der Waals surface area (Å²) < 4.78 is 0. The van der Waals surface area contributed by atoms with E-state index in [1.807, 2.05) is 0 Å². The van der Waals surface area contributed by atoms with Crippen LogP contribution in [0.2, 0.25) is 0 Å². The van der Waals surface area contributed by atoms with Crippen molar-refractivity contribution in [1.82, 2.24) is 0 Å². The van der Waals surface area contributed by atoms with Gasteiger partial charge in [-0.2, -0.15) is 0 Å². The predicted octanol–water partition coefficient (Wildman–Crippen LogP) is 3.72. The van der Waals surface area contributed by atoms with E-state index in [9.17, 15) is 5.11 Å². The molecule has 0 spiro atoms. The molecule has 1 saturated carbocycles. The molecule has 100 valence electrons. The van der Waals surface area contributed by atoms with Gasteiger partial charge >= 0.3 is 0 Å². The molecule has 1 fully saturated rings. The van der Waals surface area contributed by atoms with Crippen LogP contribution in [0.4, 0.5) is 0 Å². The Labute approximate surface area is 114 Å². The lowest BCUT2D eigenvalue weighted by molar-refractivity contribution is 0.174. The average Bonchev–Trinajstić information content (AvgIpc) is 2.87. The molecule has 2 nitrogen and oxygen atoms in total. The van der Waals surface area contributed by atoms with E-state index >= 15 is 0 Å². The van der Waals surface area contributed by atoms with Crippen molar-refractivity contribution in [2.45, 2.75) is 44.6 Å². The molecular formula is C15H23NOS. The van der Waals surface area contributed by atoms with Crippen LogP contribution in [0.25, 0.3) is 6.08 Å². The first kappa shape index (κ1) is 13.8. The number of aliphatic hydroxyl groups excluding tert-OH is 1. The van der Waals surface area contributed by atoms with Crippen molar-refractivity contribution in [3.63, 3.8) is 0 Å². The van der Waals surface area contributed by atoms with Gasteiger partial charge in [0.1, 0.15) is 0 Å². The van der Waals surface area contributed by atoms with E-state index in [2.05, 4.69) is 23.6 Å². The molecule has 1 atom stereocenters. The number of hydrogen-bond donors (Lipinski definition) is 2. The molecule has 0 saturated heterocycles. The van der Waals surface area contributed by atoms with Crippen molar-refractivity contribution in [2.75, 3.05) is 6.54 Å². The first-order chi connectivity index (χ1) is 8.79. The monoisotopic (exact) mass is 265 g/mol. The first-order valence-electron chi connectivity index (χ1n) is 6.94. The van der Waals surface area contributed by atoms with Crippen molar-refractivity contribution in [2.24, 2.45) is 11.7 Å². The van der Waals surface area contributed by atoms with Gasteiger partial charge < -0.3 is 10.8 Å². The zero-order valence-corrected chi connectivity index (χ0v) is 11.7. The maximum absolute atomic E-state index is 9.86. The van der Waals surface area contributed by atoms with E-state index < -0.39 is 6.10 Å². The maximum Gasteiger partial charge on any atom is 0.0894 e. The number of thiophene rings is 1. The van der Waals surface area contributed by atoms with Crippen LogP contribution in [0.15, 0.2) is 17.5 Å². The van der Waals surface area contributed by atoms with Gasteiger partial charge in [-0.25, -0.2) is 0 Å². The van der Waals surface area contributed by atoms with E-state index in [0.29, 0.717) is 13.0 Å². The van der Waals surface area contributed by atoms with Crippen LogP contribution in [0.3, 0.4) is 0 Å². The molecule has 0 aromatic carbocycles. The molecule has 1 aromatic heterocycles. The van der Waals surface area contributed by atoms with E-state index in [-0.39, 0.29) is 0 Å². The largest absolute Gasteiger partial charge is 0.388 e. The second kappa shape index (κ2) is 7.07. The lowest BCUT2D eigenvalue weighted by Gasteiger charge is -2.17. The second-order valence-electron chi connectivity index (χ2n) is 5.13. The van der Waals surface area contributed by atoms with Crippen molar-refractivity contribution in [1.29, 1.82) is 0 Å². The van der Waals surface area contributed by atoms with Crippen LogP contribution in [-0.2, 0) is 0 Å². The highest BCUT2D eigenvalue weighted by molar-refractivity contribution is 7.10. The quantitative estimate of drug-likeness (QED) is 0.852. The summed E-state index contributed by atoms with van der Waals surface area (Å²) in [6, 6.07) is 2.09. The molecule has 0 bridgehead atoms. The Kier molecular flexibility index (Phi) is 5.42. The van der Waals surface area contributed by atoms with Crippen molar-refractivity contribution in [3.8, 4) is 0 Å². The highest BCUT2D eigenvalue weighted by Gasteiger charge is 2.11. The topological polar surface area (TPSA) is 46.2 Å². The number of hydrogen-bond acceptors (Lipinski definition) is 3. The number of rotatable bonds is 5. The highest BCUT2D eigenvalue weighted by atomic mass is 32.1.